The van der Waals surface area contributed by atoms with Crippen molar-refractivity contribution in [3.8, 4) is 28.8 Å². The van der Waals surface area contributed by atoms with Crippen LogP contribution in [0.1, 0.15) is 26.3 Å². The fourth-order valence-electron chi connectivity index (χ4n) is 4.11. The van der Waals surface area contributed by atoms with Gasteiger partial charge in [0.1, 0.15) is 11.3 Å². The number of para-hydroxylation sites is 1. The summed E-state index contributed by atoms with van der Waals surface area (Å²) in [4.78, 5) is 18.4. The van der Waals surface area contributed by atoms with Gasteiger partial charge in [-0.05, 0) is 73.7 Å². The maximum absolute atomic E-state index is 13.7. The summed E-state index contributed by atoms with van der Waals surface area (Å²) in [5.74, 6) is 2.38. The maximum atomic E-state index is 13.7. The molecule has 0 saturated heterocycles. The summed E-state index contributed by atoms with van der Waals surface area (Å²) in [7, 11) is 3.17. The van der Waals surface area contributed by atoms with Crippen LogP contribution in [0.15, 0.2) is 77.9 Å². The molecule has 0 aliphatic heterocycles. The Labute approximate surface area is 247 Å². The van der Waals surface area contributed by atoms with E-state index in [-0.39, 0.29) is 16.8 Å². The highest BCUT2D eigenvalue weighted by Gasteiger charge is 2.21. The van der Waals surface area contributed by atoms with E-state index in [4.69, 9.17) is 23.6 Å². The van der Waals surface area contributed by atoms with Gasteiger partial charge < -0.3 is 18.6 Å². The molecule has 10 heteroatoms. The highest BCUT2D eigenvalue weighted by Crippen LogP contribution is 2.43. The molecule has 2 heterocycles. The fraction of sp³-hybridized carbons (Fsp3) is 0.233. The van der Waals surface area contributed by atoms with Crippen molar-refractivity contribution in [3.05, 3.63) is 79.5 Å². The van der Waals surface area contributed by atoms with Crippen molar-refractivity contribution in [1.82, 2.24) is 9.66 Å². The molecule has 5 rings (SSSR count). The minimum Gasteiger partial charge on any atom is -0.496 e. The van der Waals surface area contributed by atoms with Gasteiger partial charge in [-0.1, -0.05) is 39.0 Å². The second kappa shape index (κ2) is 11.1. The van der Waals surface area contributed by atoms with Gasteiger partial charge in [0.25, 0.3) is 5.56 Å². The van der Waals surface area contributed by atoms with Gasteiger partial charge in [-0.3, -0.25) is 4.79 Å². The van der Waals surface area contributed by atoms with E-state index in [1.165, 1.54) is 4.68 Å². The van der Waals surface area contributed by atoms with Crippen LogP contribution in [0.3, 0.4) is 0 Å². The van der Waals surface area contributed by atoms with Crippen LogP contribution in [0, 0.1) is 5.41 Å². The van der Waals surface area contributed by atoms with E-state index < -0.39 is 0 Å². The van der Waals surface area contributed by atoms with E-state index in [0.717, 1.165) is 5.39 Å². The van der Waals surface area contributed by atoms with Gasteiger partial charge >= 0.3 is 0 Å². The first kappa shape index (κ1) is 27.9. The Morgan fingerprint density at radius 1 is 0.975 bits per heavy atom. The fourth-order valence-corrected chi connectivity index (χ4v) is 5.04. The number of rotatable bonds is 7. The highest BCUT2D eigenvalue weighted by atomic mass is 79.9. The minimum atomic E-state index is -0.337. The lowest BCUT2D eigenvalue weighted by atomic mass is 9.99. The number of nitrogens with zero attached hydrogens (tertiary/aromatic N) is 3. The van der Waals surface area contributed by atoms with Crippen LogP contribution >= 0.6 is 31.9 Å². The zero-order valence-electron chi connectivity index (χ0n) is 22.6. The van der Waals surface area contributed by atoms with Crippen LogP contribution in [0.25, 0.3) is 33.5 Å². The number of benzene rings is 3. The number of fused-ring (bicyclic) bond motifs is 2. The molecule has 0 aliphatic rings. The third kappa shape index (κ3) is 5.38. The van der Waals surface area contributed by atoms with E-state index in [0.29, 0.717) is 60.6 Å². The van der Waals surface area contributed by atoms with Crippen LogP contribution in [0.5, 0.6) is 17.2 Å². The van der Waals surface area contributed by atoms with Gasteiger partial charge in [0.15, 0.2) is 17.3 Å². The first-order valence-corrected chi connectivity index (χ1v) is 14.0. The molecule has 3 aromatic carbocycles. The van der Waals surface area contributed by atoms with Crippen molar-refractivity contribution in [3.63, 3.8) is 0 Å². The number of halogens is 2. The number of aromatic nitrogens is 2. The SMILES string of the molecule is COc1cc(C=Nn2c(-c3cc4c(OC)cccc4o3)nc3ccccc3c2=O)c(Br)c(Br)c1OCC(C)(C)C. The number of methoxy groups -OCH3 is 2. The van der Waals surface area contributed by atoms with Gasteiger partial charge in [0.05, 0.1) is 47.8 Å². The molecule has 0 atom stereocenters. The topological polar surface area (TPSA) is 88.1 Å². The molecule has 0 bridgehead atoms. The maximum Gasteiger partial charge on any atom is 0.282 e. The predicted octanol–water partition coefficient (Wildman–Crippen LogP) is 7.66. The molecular weight excluding hydrogens is 642 g/mol. The molecule has 0 unspecified atom stereocenters. The molecule has 0 aliphatic carbocycles. The van der Waals surface area contributed by atoms with Crippen LogP contribution in [-0.4, -0.2) is 36.7 Å². The van der Waals surface area contributed by atoms with Gasteiger partial charge in [-0.25, -0.2) is 4.98 Å². The Morgan fingerprint density at radius 2 is 1.73 bits per heavy atom. The molecule has 0 fully saturated rings. The number of hydrogen-bond acceptors (Lipinski definition) is 7. The van der Waals surface area contributed by atoms with E-state index in [9.17, 15) is 4.79 Å². The van der Waals surface area contributed by atoms with Crippen molar-refractivity contribution in [2.24, 2.45) is 10.5 Å². The number of furan rings is 1. The molecule has 40 heavy (non-hydrogen) atoms. The number of hydrogen-bond donors (Lipinski definition) is 0. The van der Waals surface area contributed by atoms with Gasteiger partial charge in [0, 0.05) is 10.0 Å². The van der Waals surface area contributed by atoms with Gasteiger partial charge in [-0.2, -0.15) is 9.78 Å². The molecule has 0 spiro atoms. The van der Waals surface area contributed by atoms with E-state index in [1.807, 2.05) is 24.3 Å². The first-order valence-electron chi connectivity index (χ1n) is 12.4. The van der Waals surface area contributed by atoms with Crippen LogP contribution in [-0.2, 0) is 0 Å². The summed E-state index contributed by atoms with van der Waals surface area (Å²) in [6, 6.07) is 16.2. The lowest BCUT2D eigenvalue weighted by Gasteiger charge is -2.21. The molecule has 0 amide bonds. The van der Waals surface area contributed by atoms with Crippen molar-refractivity contribution < 1.29 is 18.6 Å². The first-order chi connectivity index (χ1) is 19.1. The molecule has 0 saturated carbocycles. The molecule has 206 valence electrons. The molecule has 5 aromatic rings. The zero-order valence-corrected chi connectivity index (χ0v) is 25.8. The highest BCUT2D eigenvalue weighted by molar-refractivity contribution is 9.13. The minimum absolute atomic E-state index is 0.0433. The smallest absolute Gasteiger partial charge is 0.282 e. The Hall–Kier alpha value is -3.63. The third-order valence-electron chi connectivity index (χ3n) is 6.05. The lowest BCUT2D eigenvalue weighted by Crippen LogP contribution is -2.20. The molecule has 2 aromatic heterocycles. The van der Waals surface area contributed by atoms with Crippen LogP contribution in [0.4, 0.5) is 0 Å². The zero-order chi connectivity index (χ0) is 28.6. The van der Waals surface area contributed by atoms with E-state index in [1.54, 1.807) is 50.8 Å². The standard InChI is InChI=1S/C30H27Br2N3O5/c1-30(2,3)16-39-27-23(38-5)13-17(25(31)26(27)32)15-33-35-28(34-20-10-7-6-9-18(20)29(35)36)24-14-19-21(37-4)11-8-12-22(19)40-24/h6-15H,16H2,1-5H3. The quantitative estimate of drug-likeness (QED) is 0.166. The van der Waals surface area contributed by atoms with E-state index in [2.05, 4.69) is 57.7 Å². The Morgan fingerprint density at radius 3 is 2.45 bits per heavy atom. The second-order valence-corrected chi connectivity index (χ2v) is 11.9. The summed E-state index contributed by atoms with van der Waals surface area (Å²) in [6.07, 6.45) is 1.56. The van der Waals surface area contributed by atoms with E-state index >= 15 is 0 Å². The average molecular weight is 669 g/mol. The molecule has 8 nitrogen and oxygen atoms in total. The molecular formula is C30H27Br2N3O5. The van der Waals surface area contributed by atoms with Crippen molar-refractivity contribution in [1.29, 1.82) is 0 Å². The Bertz CT molecular complexity index is 1820. The third-order valence-corrected chi connectivity index (χ3v) is 8.20. The average Bonchev–Trinajstić information content (AvgIpc) is 3.38. The summed E-state index contributed by atoms with van der Waals surface area (Å²) in [5.41, 5.74) is 1.42. The molecule has 0 N–H and O–H groups in total. The summed E-state index contributed by atoms with van der Waals surface area (Å²) in [6.45, 7) is 6.77. The summed E-state index contributed by atoms with van der Waals surface area (Å²) >= 11 is 7.27. The second-order valence-electron chi connectivity index (χ2n) is 10.3. The van der Waals surface area contributed by atoms with Crippen LogP contribution in [0.2, 0.25) is 0 Å². The predicted molar refractivity (Wildman–Crippen MR) is 164 cm³/mol. The van der Waals surface area contributed by atoms with Gasteiger partial charge in [0.2, 0.25) is 5.82 Å². The lowest BCUT2D eigenvalue weighted by molar-refractivity contribution is 0.190. The largest absolute Gasteiger partial charge is 0.496 e. The van der Waals surface area contributed by atoms with Crippen molar-refractivity contribution >= 4 is 59.9 Å². The Balaban J connectivity index is 1.66. The number of ether oxygens (including phenoxy) is 3. The summed E-state index contributed by atoms with van der Waals surface area (Å²) < 4.78 is 25.9. The van der Waals surface area contributed by atoms with Crippen LogP contribution < -0.4 is 19.8 Å². The van der Waals surface area contributed by atoms with Crippen molar-refractivity contribution in [2.45, 2.75) is 20.8 Å². The van der Waals surface area contributed by atoms with Gasteiger partial charge in [-0.15, -0.1) is 0 Å². The normalized spacial score (nSPS) is 12.0. The summed E-state index contributed by atoms with van der Waals surface area (Å²) in [5, 5.41) is 5.78. The van der Waals surface area contributed by atoms with Crippen molar-refractivity contribution in [2.75, 3.05) is 20.8 Å². The monoisotopic (exact) mass is 667 g/mol. The molecule has 0 radical (unpaired) electrons. The Kier molecular flexibility index (Phi) is 7.74.